The molecule has 0 aliphatic heterocycles. The molecule has 0 saturated carbocycles. The van der Waals surface area contributed by atoms with Crippen LogP contribution in [0.25, 0.3) is 121 Å². The van der Waals surface area contributed by atoms with Crippen molar-refractivity contribution in [2.45, 2.75) is 0 Å². The highest BCUT2D eigenvalue weighted by atomic mass is 15.0. The van der Waals surface area contributed by atoms with Crippen molar-refractivity contribution in [3.63, 3.8) is 0 Å². The van der Waals surface area contributed by atoms with E-state index in [4.69, 9.17) is 15.0 Å². The predicted octanol–water partition coefficient (Wildman–Crippen LogP) is 14.0. The molecule has 0 aliphatic carbocycles. The van der Waals surface area contributed by atoms with Crippen LogP contribution >= 0.6 is 0 Å². The van der Waals surface area contributed by atoms with Gasteiger partial charge in [0.15, 0.2) is 17.5 Å². The maximum Gasteiger partial charge on any atom is 0.164 e. The third-order valence-corrected chi connectivity index (χ3v) is 12.3. The Morgan fingerprint density at radius 2 is 0.600 bits per heavy atom. The fraction of sp³-hybridized carbons (Fsp3) is 0. The van der Waals surface area contributed by atoms with Crippen LogP contribution in [0.15, 0.2) is 200 Å². The van der Waals surface area contributed by atoms with Gasteiger partial charge in [0.2, 0.25) is 0 Å². The highest BCUT2D eigenvalue weighted by Crippen LogP contribution is 2.46. The van der Waals surface area contributed by atoms with E-state index in [0.717, 1.165) is 33.3 Å². The van der Waals surface area contributed by atoms with Crippen LogP contribution < -0.4 is 0 Å². The minimum absolute atomic E-state index is 0.640. The van der Waals surface area contributed by atoms with Crippen LogP contribution in [-0.2, 0) is 0 Å². The first-order valence-electron chi connectivity index (χ1n) is 20.4. The SMILES string of the molecule is c1ccc(-c2nc(-c3ccccc3)nc(-c3ccc(-c4ccc5c(c4)c4ccccc4n4c6ccccc6c6c7ccccc7c7c8ccccc8n5c7c64)cc3)n2)cc1. The second-order valence-corrected chi connectivity index (χ2v) is 15.6. The van der Waals surface area contributed by atoms with Crippen molar-refractivity contribution in [3.05, 3.63) is 200 Å². The minimum atomic E-state index is 0.640. The van der Waals surface area contributed by atoms with Crippen LogP contribution in [0.1, 0.15) is 0 Å². The van der Waals surface area contributed by atoms with E-state index in [-0.39, 0.29) is 0 Å². The van der Waals surface area contributed by atoms with Gasteiger partial charge in [-0.05, 0) is 52.2 Å². The number of para-hydroxylation sites is 3. The second-order valence-electron chi connectivity index (χ2n) is 15.6. The maximum atomic E-state index is 4.99. The maximum absolute atomic E-state index is 4.99. The third-order valence-electron chi connectivity index (χ3n) is 12.3. The molecule has 13 aromatic rings. The van der Waals surface area contributed by atoms with Gasteiger partial charge >= 0.3 is 0 Å². The molecule has 0 N–H and O–H groups in total. The van der Waals surface area contributed by atoms with Gasteiger partial charge < -0.3 is 8.80 Å². The quantitative estimate of drug-likeness (QED) is 0.179. The van der Waals surface area contributed by atoms with Crippen LogP contribution in [0.3, 0.4) is 0 Å². The standard InChI is InChI=1S/C55H33N5/c1-3-15-35(16-4-1)53-56-54(36-17-5-2-6-18-36)58-55(57-53)37-29-27-34(28-30-37)38-31-32-48-44(33-38)39-19-9-12-24-45(39)59-46-25-13-10-22-42(46)49-40-20-7-8-21-41(40)50-43-23-11-14-26-47(43)60(48)52(50)51(49)59/h1-33H. The number of aromatic nitrogens is 5. The molecule has 60 heavy (non-hydrogen) atoms. The van der Waals surface area contributed by atoms with Crippen molar-refractivity contribution < 1.29 is 0 Å². The first kappa shape index (κ1) is 32.9. The number of benzene rings is 9. The van der Waals surface area contributed by atoms with Gasteiger partial charge in [0, 0.05) is 49.0 Å². The Bertz CT molecular complexity index is 3810. The summed E-state index contributed by atoms with van der Waals surface area (Å²) in [5, 5.41) is 10.00. The van der Waals surface area contributed by atoms with E-state index in [1.54, 1.807) is 0 Å². The summed E-state index contributed by atoms with van der Waals surface area (Å²) in [4.78, 5) is 14.9. The van der Waals surface area contributed by atoms with Gasteiger partial charge in [0.1, 0.15) is 0 Å². The van der Waals surface area contributed by atoms with Gasteiger partial charge in [-0.25, -0.2) is 15.0 Å². The zero-order chi connectivity index (χ0) is 39.3. The molecule has 9 aromatic carbocycles. The molecule has 0 aliphatic rings. The Morgan fingerprint density at radius 1 is 0.250 bits per heavy atom. The molecule has 4 heterocycles. The molecule has 0 saturated heterocycles. The molecule has 0 unspecified atom stereocenters. The fourth-order valence-corrected chi connectivity index (χ4v) is 9.67. The highest BCUT2D eigenvalue weighted by molar-refractivity contribution is 6.37. The molecule has 0 radical (unpaired) electrons. The molecule has 0 amide bonds. The molecular weight excluding hydrogens is 731 g/mol. The van der Waals surface area contributed by atoms with Crippen molar-refractivity contribution in [2.75, 3.05) is 0 Å². The van der Waals surface area contributed by atoms with Crippen molar-refractivity contribution in [3.8, 4) is 45.3 Å². The molecule has 13 rings (SSSR count). The van der Waals surface area contributed by atoms with E-state index in [2.05, 4.69) is 148 Å². The van der Waals surface area contributed by atoms with Gasteiger partial charge in [-0.2, -0.15) is 0 Å². The summed E-state index contributed by atoms with van der Waals surface area (Å²) in [5.74, 6) is 1.94. The lowest BCUT2D eigenvalue weighted by Gasteiger charge is -2.13. The van der Waals surface area contributed by atoms with Crippen LogP contribution in [-0.4, -0.2) is 23.8 Å². The summed E-state index contributed by atoms with van der Waals surface area (Å²) in [7, 11) is 0. The molecule has 0 bridgehead atoms. The van der Waals surface area contributed by atoms with Crippen molar-refractivity contribution >= 4 is 76.2 Å². The molecule has 278 valence electrons. The number of hydrogen-bond acceptors (Lipinski definition) is 3. The van der Waals surface area contributed by atoms with Gasteiger partial charge in [-0.3, -0.25) is 0 Å². The first-order chi connectivity index (χ1) is 29.8. The van der Waals surface area contributed by atoms with E-state index in [0.29, 0.717) is 17.5 Å². The summed E-state index contributed by atoms with van der Waals surface area (Å²) in [5.41, 5.74) is 12.3. The van der Waals surface area contributed by atoms with Crippen molar-refractivity contribution in [1.82, 2.24) is 23.8 Å². The van der Waals surface area contributed by atoms with Crippen LogP contribution in [0.2, 0.25) is 0 Å². The van der Waals surface area contributed by atoms with Crippen LogP contribution in [0.5, 0.6) is 0 Å². The second kappa shape index (κ2) is 12.7. The summed E-state index contributed by atoms with van der Waals surface area (Å²) >= 11 is 0. The highest BCUT2D eigenvalue weighted by Gasteiger charge is 2.23. The molecule has 5 nitrogen and oxygen atoms in total. The molecular formula is C55H33N5. The Hall–Kier alpha value is -8.15. The smallest absolute Gasteiger partial charge is 0.164 e. The lowest BCUT2D eigenvalue weighted by Crippen LogP contribution is -2.00. The van der Waals surface area contributed by atoms with Crippen LogP contribution in [0.4, 0.5) is 0 Å². The topological polar surface area (TPSA) is 47.5 Å². The van der Waals surface area contributed by atoms with E-state index in [1.165, 1.54) is 70.7 Å². The van der Waals surface area contributed by atoms with Gasteiger partial charge in [0.05, 0.1) is 33.1 Å². The average molecular weight is 764 g/mol. The van der Waals surface area contributed by atoms with E-state index < -0.39 is 0 Å². The lowest BCUT2D eigenvalue weighted by atomic mass is 9.98. The summed E-state index contributed by atoms with van der Waals surface area (Å²) in [6.45, 7) is 0. The van der Waals surface area contributed by atoms with Gasteiger partial charge in [-0.15, -0.1) is 0 Å². The molecule has 5 heteroatoms. The van der Waals surface area contributed by atoms with Crippen LogP contribution in [0, 0.1) is 0 Å². The third kappa shape index (κ3) is 4.71. The zero-order valence-electron chi connectivity index (χ0n) is 32.3. The Morgan fingerprint density at radius 3 is 1.10 bits per heavy atom. The van der Waals surface area contributed by atoms with Crippen molar-refractivity contribution in [1.29, 1.82) is 0 Å². The fourth-order valence-electron chi connectivity index (χ4n) is 9.67. The summed E-state index contributed by atoms with van der Waals surface area (Å²) in [6.07, 6.45) is 0. The number of rotatable bonds is 4. The monoisotopic (exact) mass is 763 g/mol. The molecule has 0 spiro atoms. The lowest BCUT2D eigenvalue weighted by molar-refractivity contribution is 1.07. The van der Waals surface area contributed by atoms with Crippen molar-refractivity contribution in [2.24, 2.45) is 0 Å². The normalized spacial score (nSPS) is 12.0. The molecule has 4 aromatic heterocycles. The number of nitrogens with zero attached hydrogens (tertiary/aromatic N) is 5. The Labute approximate surface area is 344 Å². The number of hydrogen-bond donors (Lipinski definition) is 0. The molecule has 0 fully saturated rings. The summed E-state index contributed by atoms with van der Waals surface area (Å²) in [6, 6.07) is 71.5. The minimum Gasteiger partial charge on any atom is -0.307 e. The van der Waals surface area contributed by atoms with E-state index in [1.807, 2.05) is 60.7 Å². The Balaban J connectivity index is 1.08. The molecule has 0 atom stereocenters. The largest absolute Gasteiger partial charge is 0.307 e. The average Bonchev–Trinajstić information content (AvgIpc) is 3.85. The summed E-state index contributed by atoms with van der Waals surface area (Å²) < 4.78 is 5.05. The van der Waals surface area contributed by atoms with Gasteiger partial charge in [0.25, 0.3) is 0 Å². The van der Waals surface area contributed by atoms with E-state index >= 15 is 0 Å². The van der Waals surface area contributed by atoms with Gasteiger partial charge in [-0.1, -0.05) is 170 Å². The number of fused-ring (bicyclic) bond motifs is 14. The zero-order valence-corrected chi connectivity index (χ0v) is 32.3. The Kier molecular flexibility index (Phi) is 6.95. The first-order valence-corrected chi connectivity index (χ1v) is 20.4. The predicted molar refractivity (Wildman–Crippen MR) is 249 cm³/mol. The van der Waals surface area contributed by atoms with E-state index in [9.17, 15) is 0 Å².